The van der Waals surface area contributed by atoms with Crippen LogP contribution in [0.5, 0.6) is 0 Å². The summed E-state index contributed by atoms with van der Waals surface area (Å²) >= 11 is 0. The molecule has 3 rings (SSSR count). The third-order valence-electron chi connectivity index (χ3n) is 3.33. The molecule has 1 aromatic heterocycles. The lowest BCUT2D eigenvalue weighted by Gasteiger charge is -2.11. The number of aromatic nitrogens is 2. The summed E-state index contributed by atoms with van der Waals surface area (Å²) in [6.07, 6.45) is 1.98. The number of hydrogen-bond donors (Lipinski definition) is 3. The molecule has 0 aliphatic heterocycles. The van der Waals surface area contributed by atoms with Crippen molar-refractivity contribution in [1.29, 1.82) is 0 Å². The van der Waals surface area contributed by atoms with Crippen LogP contribution in [-0.4, -0.2) is 27.6 Å². The molecule has 0 amide bonds. The monoisotopic (exact) mass is 320 g/mol. The van der Waals surface area contributed by atoms with Crippen LogP contribution >= 0.6 is 0 Å². The van der Waals surface area contributed by atoms with E-state index in [1.807, 2.05) is 0 Å². The SMILES string of the molecule is O=C(O)CNc1nc(Nc2cc(F)ccc2F)cc(C2CC2)n1. The average molecular weight is 320 g/mol. The van der Waals surface area contributed by atoms with Crippen LogP contribution < -0.4 is 10.6 Å². The summed E-state index contributed by atoms with van der Waals surface area (Å²) in [6.45, 7) is -0.331. The Morgan fingerprint density at radius 3 is 2.74 bits per heavy atom. The minimum atomic E-state index is -1.05. The van der Waals surface area contributed by atoms with Gasteiger partial charge in [0.05, 0.1) is 11.4 Å². The van der Waals surface area contributed by atoms with Gasteiger partial charge < -0.3 is 15.7 Å². The maximum Gasteiger partial charge on any atom is 0.322 e. The second-order valence-electron chi connectivity index (χ2n) is 5.27. The molecule has 1 saturated carbocycles. The van der Waals surface area contributed by atoms with E-state index in [1.165, 1.54) is 0 Å². The minimum Gasteiger partial charge on any atom is -0.480 e. The Morgan fingerprint density at radius 2 is 2.04 bits per heavy atom. The fourth-order valence-electron chi connectivity index (χ4n) is 2.08. The van der Waals surface area contributed by atoms with Crippen LogP contribution in [-0.2, 0) is 4.79 Å². The van der Waals surface area contributed by atoms with Crippen molar-refractivity contribution >= 4 is 23.4 Å². The van der Waals surface area contributed by atoms with E-state index in [0.29, 0.717) is 5.92 Å². The Kier molecular flexibility index (Phi) is 4.05. The van der Waals surface area contributed by atoms with Gasteiger partial charge in [0, 0.05) is 18.1 Å². The molecular formula is C15H14F2N4O2. The average Bonchev–Trinajstić information content (AvgIpc) is 3.33. The maximum atomic E-state index is 13.7. The van der Waals surface area contributed by atoms with Crippen molar-refractivity contribution in [3.63, 3.8) is 0 Å². The number of carboxylic acid groups (broad SMARTS) is 1. The largest absolute Gasteiger partial charge is 0.480 e. The Balaban J connectivity index is 1.87. The summed E-state index contributed by atoms with van der Waals surface area (Å²) in [4.78, 5) is 19.0. The molecule has 0 saturated heterocycles. The molecular weight excluding hydrogens is 306 g/mol. The highest BCUT2D eigenvalue weighted by Gasteiger charge is 2.26. The first-order valence-corrected chi connectivity index (χ1v) is 7.08. The number of aliphatic carboxylic acids is 1. The van der Waals surface area contributed by atoms with E-state index in [-0.39, 0.29) is 24.0 Å². The second kappa shape index (κ2) is 6.15. The van der Waals surface area contributed by atoms with Gasteiger partial charge in [-0.3, -0.25) is 4.79 Å². The zero-order valence-electron chi connectivity index (χ0n) is 12.0. The topological polar surface area (TPSA) is 87.1 Å². The predicted octanol–water partition coefficient (Wildman–Crippen LogP) is 2.87. The van der Waals surface area contributed by atoms with Crippen molar-refractivity contribution in [2.24, 2.45) is 0 Å². The summed E-state index contributed by atoms with van der Waals surface area (Å²) in [5.41, 5.74) is 0.696. The van der Waals surface area contributed by atoms with Crippen molar-refractivity contribution in [2.45, 2.75) is 18.8 Å². The zero-order valence-corrected chi connectivity index (χ0v) is 12.0. The van der Waals surface area contributed by atoms with E-state index in [2.05, 4.69) is 20.6 Å². The Labute approximate surface area is 130 Å². The van der Waals surface area contributed by atoms with Gasteiger partial charge in [-0.05, 0) is 25.0 Å². The number of carboxylic acids is 1. The van der Waals surface area contributed by atoms with Crippen LogP contribution in [0.25, 0.3) is 0 Å². The minimum absolute atomic E-state index is 0.0466. The van der Waals surface area contributed by atoms with Gasteiger partial charge in [0.2, 0.25) is 5.95 Å². The quantitative estimate of drug-likeness (QED) is 0.758. The van der Waals surface area contributed by atoms with Crippen LogP contribution in [0.3, 0.4) is 0 Å². The van der Waals surface area contributed by atoms with Crippen molar-refractivity contribution in [1.82, 2.24) is 9.97 Å². The number of carbonyl (C=O) groups is 1. The first kappa shape index (κ1) is 15.1. The van der Waals surface area contributed by atoms with Gasteiger partial charge in [-0.15, -0.1) is 0 Å². The van der Waals surface area contributed by atoms with E-state index < -0.39 is 17.6 Å². The summed E-state index contributed by atoms with van der Waals surface area (Å²) in [5.74, 6) is -1.53. The highest BCUT2D eigenvalue weighted by molar-refractivity contribution is 5.72. The van der Waals surface area contributed by atoms with Gasteiger partial charge in [0.15, 0.2) is 0 Å². The van der Waals surface area contributed by atoms with Crippen LogP contribution in [0, 0.1) is 11.6 Å². The van der Waals surface area contributed by atoms with Crippen molar-refractivity contribution in [2.75, 3.05) is 17.2 Å². The lowest BCUT2D eigenvalue weighted by molar-refractivity contribution is -0.134. The van der Waals surface area contributed by atoms with Gasteiger partial charge in [0.25, 0.3) is 0 Å². The van der Waals surface area contributed by atoms with Crippen LogP contribution in [0.1, 0.15) is 24.5 Å². The molecule has 1 fully saturated rings. The normalized spacial score (nSPS) is 13.7. The third-order valence-corrected chi connectivity index (χ3v) is 3.33. The molecule has 3 N–H and O–H groups in total. The highest BCUT2D eigenvalue weighted by atomic mass is 19.1. The van der Waals surface area contributed by atoms with Gasteiger partial charge in [-0.1, -0.05) is 0 Å². The molecule has 1 aliphatic carbocycles. The molecule has 1 aromatic carbocycles. The molecule has 0 spiro atoms. The third kappa shape index (κ3) is 3.91. The maximum absolute atomic E-state index is 13.7. The number of anilines is 3. The fourth-order valence-corrected chi connectivity index (χ4v) is 2.08. The molecule has 2 aromatic rings. The molecule has 0 atom stereocenters. The number of nitrogens with one attached hydrogen (secondary N) is 2. The molecule has 1 aliphatic rings. The van der Waals surface area contributed by atoms with Crippen LogP contribution in [0.2, 0.25) is 0 Å². The van der Waals surface area contributed by atoms with Gasteiger partial charge >= 0.3 is 5.97 Å². The fraction of sp³-hybridized carbons (Fsp3) is 0.267. The van der Waals surface area contributed by atoms with Gasteiger partial charge in [0.1, 0.15) is 24.0 Å². The lowest BCUT2D eigenvalue weighted by atomic mass is 10.2. The van der Waals surface area contributed by atoms with E-state index in [4.69, 9.17) is 5.11 Å². The summed E-state index contributed by atoms with van der Waals surface area (Å²) in [7, 11) is 0. The van der Waals surface area contributed by atoms with E-state index in [0.717, 1.165) is 36.7 Å². The molecule has 0 radical (unpaired) electrons. The van der Waals surface area contributed by atoms with Gasteiger partial charge in [-0.25, -0.2) is 13.8 Å². The Hall–Kier alpha value is -2.77. The summed E-state index contributed by atoms with van der Waals surface area (Å²) in [5, 5.41) is 14.0. The molecule has 0 unspecified atom stereocenters. The molecule has 8 heteroatoms. The summed E-state index contributed by atoms with van der Waals surface area (Å²) < 4.78 is 27.0. The molecule has 0 bridgehead atoms. The van der Waals surface area contributed by atoms with Crippen molar-refractivity contribution in [3.8, 4) is 0 Å². The Bertz CT molecular complexity index is 750. The first-order valence-electron chi connectivity index (χ1n) is 7.08. The molecule has 1 heterocycles. The van der Waals surface area contributed by atoms with Crippen molar-refractivity contribution in [3.05, 3.63) is 41.6 Å². The first-order chi connectivity index (χ1) is 11.0. The highest BCUT2D eigenvalue weighted by Crippen LogP contribution is 2.40. The number of hydrogen-bond acceptors (Lipinski definition) is 5. The smallest absolute Gasteiger partial charge is 0.322 e. The Morgan fingerprint density at radius 1 is 1.26 bits per heavy atom. The second-order valence-corrected chi connectivity index (χ2v) is 5.27. The molecule has 23 heavy (non-hydrogen) atoms. The van der Waals surface area contributed by atoms with E-state index >= 15 is 0 Å². The number of halogens is 2. The van der Waals surface area contributed by atoms with Crippen LogP contribution in [0.15, 0.2) is 24.3 Å². The number of rotatable bonds is 6. The summed E-state index contributed by atoms with van der Waals surface area (Å²) in [6, 6.07) is 4.73. The van der Waals surface area contributed by atoms with Crippen LogP contribution in [0.4, 0.5) is 26.2 Å². The molecule has 120 valence electrons. The van der Waals surface area contributed by atoms with Crippen molar-refractivity contribution < 1.29 is 18.7 Å². The standard InChI is InChI=1S/C15H14F2N4O2/c16-9-3-4-10(17)12(5-9)19-13-6-11(8-1-2-8)20-15(21-13)18-7-14(22)23/h3-6,8H,1-2,7H2,(H,22,23)(H2,18,19,20,21). The van der Waals surface area contributed by atoms with E-state index in [9.17, 15) is 13.6 Å². The predicted molar refractivity (Wildman–Crippen MR) is 79.8 cm³/mol. The number of nitrogens with zero attached hydrogens (tertiary/aromatic N) is 2. The molecule has 6 nitrogen and oxygen atoms in total. The van der Waals surface area contributed by atoms with Gasteiger partial charge in [-0.2, -0.15) is 4.98 Å². The number of benzene rings is 1. The lowest BCUT2D eigenvalue weighted by Crippen LogP contribution is -2.15. The van der Waals surface area contributed by atoms with E-state index in [1.54, 1.807) is 6.07 Å². The zero-order chi connectivity index (χ0) is 16.4.